The van der Waals surface area contributed by atoms with E-state index in [-0.39, 0.29) is 154 Å². The fraction of sp³-hybridized carbons (Fsp3) is 0.412. The minimum Gasteiger partial charge on any atom is -0.810 e. The van der Waals surface area contributed by atoms with Crippen molar-refractivity contribution >= 4 is 21.3 Å². The molecule has 6 nitrogen and oxygen atoms in total. The molecule has 1 rings (SSSR count). The summed E-state index contributed by atoms with van der Waals surface area (Å²) in [6, 6.07) is 6.52. The van der Waals surface area contributed by atoms with E-state index in [9.17, 15) is 23.8 Å². The van der Waals surface area contributed by atoms with Crippen LogP contribution in [0.25, 0.3) is 6.08 Å². The van der Waals surface area contributed by atoms with E-state index in [1.54, 1.807) is 24.3 Å². The van der Waals surface area contributed by atoms with Crippen molar-refractivity contribution in [1.29, 1.82) is 0 Å². The molecule has 0 aliphatic rings. The largest absolute Gasteiger partial charge is 1.00 e. The van der Waals surface area contributed by atoms with Gasteiger partial charge in [0.05, 0.1) is 5.40 Å². The van der Waals surface area contributed by atoms with Crippen molar-refractivity contribution in [2.75, 3.05) is 0 Å². The van der Waals surface area contributed by atoms with Crippen molar-refractivity contribution < 1.29 is 183 Å². The zero-order chi connectivity index (χ0) is 19.3. The molecular formula is C17H23K3O6P2. The Bertz CT molecular complexity index is 712. The minimum absolute atomic E-state index is 0. The van der Waals surface area contributed by atoms with Gasteiger partial charge in [-0.3, -0.25) is 0 Å². The van der Waals surface area contributed by atoms with E-state index in [2.05, 4.69) is 6.08 Å². The van der Waals surface area contributed by atoms with Gasteiger partial charge in [0.25, 0.3) is 0 Å². The smallest absolute Gasteiger partial charge is 0.810 e. The SMILES string of the molecule is CC(C)=CCC/C(C)=C/c1ccc(CC(P(=O)([O-])[O-])P(=O)([O-])O)cc1.[K+].[K+].[K+]. The van der Waals surface area contributed by atoms with E-state index in [1.165, 1.54) is 11.1 Å². The number of benzene rings is 1. The summed E-state index contributed by atoms with van der Waals surface area (Å²) in [5.74, 6) is 0. The van der Waals surface area contributed by atoms with Gasteiger partial charge in [0.2, 0.25) is 0 Å². The first kappa shape index (κ1) is 36.5. The fourth-order valence-corrected chi connectivity index (χ4v) is 4.62. The Labute approximate surface area is 295 Å². The third kappa shape index (κ3) is 15.7. The number of allylic oxidation sites excluding steroid dienone is 3. The van der Waals surface area contributed by atoms with Crippen molar-refractivity contribution in [3.05, 3.63) is 52.6 Å². The summed E-state index contributed by atoms with van der Waals surface area (Å²) in [5, 5.41) is -2.34. The van der Waals surface area contributed by atoms with Crippen LogP contribution in [0.1, 0.15) is 44.7 Å². The minimum atomic E-state index is -5.46. The maximum Gasteiger partial charge on any atom is 1.00 e. The molecule has 0 aliphatic carbocycles. The van der Waals surface area contributed by atoms with Crippen LogP contribution in [-0.4, -0.2) is 10.3 Å². The van der Waals surface area contributed by atoms with Crippen molar-refractivity contribution in [3.8, 4) is 0 Å². The summed E-state index contributed by atoms with van der Waals surface area (Å²) in [6.07, 6.45) is 5.43. The van der Waals surface area contributed by atoms with E-state index in [0.29, 0.717) is 5.56 Å². The molecule has 11 heteroatoms. The van der Waals surface area contributed by atoms with Crippen LogP contribution in [0.4, 0.5) is 0 Å². The third-order valence-corrected chi connectivity index (χ3v) is 7.22. The molecule has 0 amide bonds. The Hall–Kier alpha value is 3.91. The standard InChI is InChI=1S/C17H26O6P2.3K/c1-13(2)5-4-6-14(3)11-15-7-9-16(10-8-15)12-17(24(18,19)20)25(21,22)23;;;/h5,7-11,17H,4,6,12H2,1-3H3,(H2,18,19,20)(H2,21,22,23);;;/q;3*+1/p-3/b14-11+;;;. The van der Waals surface area contributed by atoms with Crippen molar-refractivity contribution in [2.24, 2.45) is 0 Å². The molecule has 0 heterocycles. The van der Waals surface area contributed by atoms with Gasteiger partial charge in [0, 0.05) is 0 Å². The molecule has 1 N–H and O–H groups in total. The number of hydrogen-bond acceptors (Lipinski definition) is 5. The van der Waals surface area contributed by atoms with Crippen LogP contribution in [0.15, 0.2) is 41.5 Å². The summed E-state index contributed by atoms with van der Waals surface area (Å²) in [5.41, 5.74) is 3.67. The first-order chi connectivity index (χ1) is 11.4. The number of rotatable bonds is 8. The molecule has 2 unspecified atom stereocenters. The van der Waals surface area contributed by atoms with Crippen LogP contribution in [0.5, 0.6) is 0 Å². The van der Waals surface area contributed by atoms with Gasteiger partial charge >= 0.3 is 154 Å². The van der Waals surface area contributed by atoms with Crippen LogP contribution in [0.3, 0.4) is 0 Å². The maximum absolute atomic E-state index is 11.1. The Balaban J connectivity index is -0.00000208. The predicted octanol–water partition coefficient (Wildman–Crippen LogP) is -6.82. The van der Waals surface area contributed by atoms with Crippen LogP contribution in [0, 0.1) is 0 Å². The van der Waals surface area contributed by atoms with Crippen LogP contribution in [0.2, 0.25) is 0 Å². The molecule has 0 fully saturated rings. The van der Waals surface area contributed by atoms with Gasteiger partial charge in [-0.05, 0) is 51.2 Å². The molecule has 0 spiro atoms. The second-order valence-corrected chi connectivity index (χ2v) is 10.2. The zero-order valence-corrected chi connectivity index (χ0v) is 28.7. The molecule has 0 radical (unpaired) electrons. The van der Waals surface area contributed by atoms with E-state index in [4.69, 9.17) is 4.89 Å². The topological polar surface area (TPSA) is 124 Å². The normalized spacial score (nSPS) is 14.5. The number of hydrogen-bond donors (Lipinski definition) is 1. The molecule has 0 saturated carbocycles. The van der Waals surface area contributed by atoms with E-state index in [1.807, 2.05) is 26.8 Å². The molecule has 1 aromatic carbocycles. The zero-order valence-electron chi connectivity index (χ0n) is 17.5. The summed E-state index contributed by atoms with van der Waals surface area (Å²) in [6.45, 7) is 6.09. The van der Waals surface area contributed by atoms with Gasteiger partial charge in [0.15, 0.2) is 0 Å². The first-order valence-corrected chi connectivity index (χ1v) is 11.1. The summed E-state index contributed by atoms with van der Waals surface area (Å²) < 4.78 is 22.2. The van der Waals surface area contributed by atoms with Crippen molar-refractivity contribution in [2.45, 2.75) is 45.4 Å². The summed E-state index contributed by atoms with van der Waals surface area (Å²) in [4.78, 5) is 42.3. The third-order valence-electron chi connectivity index (χ3n) is 3.64. The predicted molar refractivity (Wildman–Crippen MR) is 93.7 cm³/mol. The Kier molecular flexibility index (Phi) is 22.6. The van der Waals surface area contributed by atoms with Gasteiger partial charge < -0.3 is 28.7 Å². The Morgan fingerprint density at radius 3 is 1.93 bits per heavy atom. The summed E-state index contributed by atoms with van der Waals surface area (Å²) in [7, 11) is -10.7. The maximum atomic E-state index is 11.1. The van der Waals surface area contributed by atoms with Crippen LogP contribution < -0.4 is 169 Å². The molecule has 2 atom stereocenters. The molecule has 0 bridgehead atoms. The van der Waals surface area contributed by atoms with Crippen LogP contribution >= 0.6 is 15.2 Å². The molecule has 0 aliphatic heterocycles. The van der Waals surface area contributed by atoms with Crippen molar-refractivity contribution in [1.82, 2.24) is 0 Å². The van der Waals surface area contributed by atoms with Gasteiger partial charge in [-0.2, -0.15) is 0 Å². The van der Waals surface area contributed by atoms with E-state index in [0.717, 1.165) is 18.4 Å². The Morgan fingerprint density at radius 2 is 1.54 bits per heavy atom. The van der Waals surface area contributed by atoms with Crippen LogP contribution in [-0.2, 0) is 15.6 Å². The molecule has 0 saturated heterocycles. The van der Waals surface area contributed by atoms with Gasteiger partial charge in [-0.1, -0.05) is 55.2 Å². The molecule has 28 heavy (non-hydrogen) atoms. The van der Waals surface area contributed by atoms with E-state index >= 15 is 0 Å². The average molecular weight is 503 g/mol. The fourth-order valence-electron chi connectivity index (χ4n) is 2.31. The second kappa shape index (κ2) is 17.4. The average Bonchev–Trinajstić information content (AvgIpc) is 2.43. The second-order valence-electron chi connectivity index (χ2n) is 6.34. The summed E-state index contributed by atoms with van der Waals surface area (Å²) >= 11 is 0. The molecular weight excluding hydrogens is 479 g/mol. The van der Waals surface area contributed by atoms with Gasteiger partial charge in [0.1, 0.15) is 7.60 Å². The van der Waals surface area contributed by atoms with E-state index < -0.39 is 27.0 Å². The molecule has 1 aromatic rings. The first-order valence-electron chi connectivity index (χ1n) is 7.84. The van der Waals surface area contributed by atoms with Gasteiger partial charge in [-0.25, -0.2) is 0 Å². The molecule has 0 aromatic heterocycles. The monoisotopic (exact) mass is 502 g/mol. The van der Waals surface area contributed by atoms with Crippen molar-refractivity contribution in [3.63, 3.8) is 0 Å². The quantitative estimate of drug-likeness (QED) is 0.214. The Morgan fingerprint density at radius 1 is 1.04 bits per heavy atom. The van der Waals surface area contributed by atoms with Gasteiger partial charge in [-0.15, -0.1) is 0 Å². The molecule has 140 valence electrons.